The van der Waals surface area contributed by atoms with Crippen molar-refractivity contribution in [3.05, 3.63) is 33.8 Å². The third kappa shape index (κ3) is 2.43. The Morgan fingerprint density at radius 1 is 1.25 bits per heavy atom. The van der Waals surface area contributed by atoms with Gasteiger partial charge < -0.3 is 0 Å². The first-order valence-electron chi connectivity index (χ1n) is 6.39. The lowest BCUT2D eigenvalue weighted by atomic mass is 10.1. The summed E-state index contributed by atoms with van der Waals surface area (Å²) < 4.78 is 24.5. The van der Waals surface area contributed by atoms with E-state index >= 15 is 0 Å². The summed E-state index contributed by atoms with van der Waals surface area (Å²) in [6.07, 6.45) is 1.20. The second-order valence-corrected chi connectivity index (χ2v) is 8.03. The topological polar surface area (TPSA) is 54.5 Å². The molecule has 1 aliphatic carbocycles. The van der Waals surface area contributed by atoms with Crippen molar-refractivity contribution in [3.63, 3.8) is 0 Å². The molecule has 3 rings (SSSR count). The molecule has 1 aromatic rings. The van der Waals surface area contributed by atoms with E-state index in [1.54, 1.807) is 12.1 Å². The molecule has 20 heavy (non-hydrogen) atoms. The van der Waals surface area contributed by atoms with Gasteiger partial charge in [0.15, 0.2) is 0 Å². The fourth-order valence-corrected chi connectivity index (χ4v) is 4.49. The molecule has 1 saturated carbocycles. The number of hydrogen-bond donors (Lipinski definition) is 0. The van der Waals surface area contributed by atoms with E-state index in [4.69, 9.17) is 23.2 Å². The molecular formula is C13H13Cl2NO3S. The Balaban J connectivity index is 1.76. The largest absolute Gasteiger partial charge is 0.273 e. The number of halogens is 2. The van der Waals surface area contributed by atoms with Gasteiger partial charge in [-0.3, -0.25) is 4.79 Å². The van der Waals surface area contributed by atoms with Crippen LogP contribution in [0.25, 0.3) is 0 Å². The average Bonchev–Trinajstić information content (AvgIpc) is 3.10. The lowest BCUT2D eigenvalue weighted by Crippen LogP contribution is -2.34. The highest BCUT2D eigenvalue weighted by Gasteiger charge is 2.49. The summed E-state index contributed by atoms with van der Waals surface area (Å²) in [6, 6.07) is 5.29. The van der Waals surface area contributed by atoms with Gasteiger partial charge in [0.25, 0.3) is 0 Å². The third-order valence-electron chi connectivity index (χ3n) is 3.82. The van der Waals surface area contributed by atoms with Crippen molar-refractivity contribution in [1.82, 2.24) is 4.31 Å². The van der Waals surface area contributed by atoms with Crippen LogP contribution in [-0.2, 0) is 14.8 Å². The van der Waals surface area contributed by atoms with Crippen molar-refractivity contribution in [2.24, 2.45) is 5.92 Å². The van der Waals surface area contributed by atoms with Crippen LogP contribution < -0.4 is 0 Å². The number of hydrogen-bond acceptors (Lipinski definition) is 3. The van der Waals surface area contributed by atoms with Crippen LogP contribution in [0.15, 0.2) is 18.2 Å². The zero-order chi connectivity index (χ0) is 14.5. The highest BCUT2D eigenvalue weighted by Crippen LogP contribution is 2.49. The quantitative estimate of drug-likeness (QED) is 0.836. The summed E-state index contributed by atoms with van der Waals surface area (Å²) in [6.45, 7) is 0.311. The first-order valence-corrected chi connectivity index (χ1v) is 8.76. The molecule has 1 heterocycles. The van der Waals surface area contributed by atoms with Crippen LogP contribution >= 0.6 is 23.2 Å². The zero-order valence-electron chi connectivity index (χ0n) is 10.6. The molecule has 4 nitrogen and oxygen atoms in total. The van der Waals surface area contributed by atoms with Crippen LogP contribution in [0.3, 0.4) is 0 Å². The van der Waals surface area contributed by atoms with E-state index in [1.807, 2.05) is 6.07 Å². The summed E-state index contributed by atoms with van der Waals surface area (Å²) in [5, 5.41) is 0.928. The molecule has 1 saturated heterocycles. The van der Waals surface area contributed by atoms with Crippen molar-refractivity contribution < 1.29 is 13.2 Å². The maximum Gasteiger partial charge on any atom is 0.239 e. The lowest BCUT2D eigenvalue weighted by Gasteiger charge is -2.14. The van der Waals surface area contributed by atoms with Gasteiger partial charge in [-0.2, -0.15) is 0 Å². The van der Waals surface area contributed by atoms with E-state index in [2.05, 4.69) is 0 Å². The van der Waals surface area contributed by atoms with Crippen LogP contribution in [0.4, 0.5) is 0 Å². The minimum atomic E-state index is -3.38. The number of carbonyl (C=O) groups excluding carboxylic acids is 1. The summed E-state index contributed by atoms with van der Waals surface area (Å²) in [5.41, 5.74) is 0.939. The molecule has 0 spiro atoms. The van der Waals surface area contributed by atoms with Crippen LogP contribution in [0.5, 0.6) is 0 Å². The van der Waals surface area contributed by atoms with Crippen LogP contribution in [0.1, 0.15) is 24.3 Å². The monoisotopic (exact) mass is 333 g/mol. The number of benzene rings is 1. The molecule has 2 atom stereocenters. The molecule has 0 N–H and O–H groups in total. The molecule has 2 aliphatic rings. The molecule has 0 unspecified atom stereocenters. The van der Waals surface area contributed by atoms with Gasteiger partial charge in [-0.25, -0.2) is 12.7 Å². The summed E-state index contributed by atoms with van der Waals surface area (Å²) in [4.78, 5) is 12.2. The number of amides is 1. The van der Waals surface area contributed by atoms with Gasteiger partial charge in [0.1, 0.15) is 0 Å². The highest BCUT2D eigenvalue weighted by atomic mass is 35.5. The number of nitrogens with zero attached hydrogens (tertiary/aromatic N) is 1. The van der Waals surface area contributed by atoms with Crippen LogP contribution in [0, 0.1) is 5.92 Å². The summed E-state index contributed by atoms with van der Waals surface area (Å²) in [7, 11) is -3.38. The second-order valence-electron chi connectivity index (χ2n) is 5.20. The third-order valence-corrected chi connectivity index (χ3v) is 6.40. The Kier molecular flexibility index (Phi) is 3.47. The number of rotatable bonds is 2. The fourth-order valence-electron chi connectivity index (χ4n) is 2.65. The maximum absolute atomic E-state index is 12.2. The average molecular weight is 334 g/mol. The lowest BCUT2D eigenvalue weighted by molar-refractivity contribution is -0.127. The Bertz CT molecular complexity index is 674. The maximum atomic E-state index is 12.2. The van der Waals surface area contributed by atoms with Crippen molar-refractivity contribution in [1.29, 1.82) is 0 Å². The Hall–Kier alpha value is -0.780. The Labute approximate surface area is 127 Å². The van der Waals surface area contributed by atoms with Crippen LogP contribution in [-0.4, -0.2) is 30.9 Å². The highest BCUT2D eigenvalue weighted by molar-refractivity contribution is 7.89. The SMILES string of the molecule is O=C([C@H]1C[C@@H]1c1ccc(Cl)c(Cl)c1)N1CCCS1(=O)=O. The smallest absolute Gasteiger partial charge is 0.239 e. The summed E-state index contributed by atoms with van der Waals surface area (Å²) >= 11 is 11.8. The van der Waals surface area contributed by atoms with Gasteiger partial charge >= 0.3 is 0 Å². The fraction of sp³-hybridized carbons (Fsp3) is 0.462. The molecule has 0 bridgehead atoms. The molecule has 108 valence electrons. The first-order chi connectivity index (χ1) is 9.40. The van der Waals surface area contributed by atoms with Crippen molar-refractivity contribution >= 4 is 39.1 Å². The van der Waals surface area contributed by atoms with E-state index < -0.39 is 10.0 Å². The molecule has 1 amide bonds. The molecular weight excluding hydrogens is 321 g/mol. The van der Waals surface area contributed by atoms with E-state index in [1.165, 1.54) is 0 Å². The van der Waals surface area contributed by atoms with Crippen molar-refractivity contribution in [2.75, 3.05) is 12.3 Å². The van der Waals surface area contributed by atoms with E-state index in [-0.39, 0.29) is 23.5 Å². The predicted molar refractivity (Wildman–Crippen MR) is 77.4 cm³/mol. The normalized spacial score (nSPS) is 27.6. The number of carbonyl (C=O) groups is 1. The molecule has 0 radical (unpaired) electrons. The van der Waals surface area contributed by atoms with Gasteiger partial charge in [0.05, 0.1) is 15.8 Å². The first kappa shape index (κ1) is 14.2. The van der Waals surface area contributed by atoms with Gasteiger partial charge in [0.2, 0.25) is 15.9 Å². The Morgan fingerprint density at radius 2 is 2.00 bits per heavy atom. The minimum absolute atomic E-state index is 0.0491. The van der Waals surface area contributed by atoms with Gasteiger partial charge in [-0.15, -0.1) is 0 Å². The standard InChI is InChI=1S/C13H13Cl2NO3S/c14-11-3-2-8(6-12(11)15)9-7-10(9)13(17)16-4-1-5-20(16,18)19/h2-3,6,9-10H,1,4-5,7H2/t9-,10+/m1/s1. The minimum Gasteiger partial charge on any atom is -0.273 e. The molecule has 1 aliphatic heterocycles. The molecule has 0 aromatic heterocycles. The van der Waals surface area contributed by atoms with Crippen LogP contribution in [0.2, 0.25) is 10.0 Å². The Morgan fingerprint density at radius 3 is 2.60 bits per heavy atom. The van der Waals surface area contributed by atoms with E-state index in [0.29, 0.717) is 29.4 Å². The summed E-state index contributed by atoms with van der Waals surface area (Å²) in [5.74, 6) is -0.408. The zero-order valence-corrected chi connectivity index (χ0v) is 12.9. The molecule has 2 fully saturated rings. The molecule has 7 heteroatoms. The predicted octanol–water partition coefficient (Wildman–Crippen LogP) is 2.66. The van der Waals surface area contributed by atoms with Gasteiger partial charge in [0, 0.05) is 12.5 Å². The van der Waals surface area contributed by atoms with E-state index in [9.17, 15) is 13.2 Å². The number of sulfonamides is 1. The van der Waals surface area contributed by atoms with Gasteiger partial charge in [-0.1, -0.05) is 29.3 Å². The second kappa shape index (κ2) is 4.90. The van der Waals surface area contributed by atoms with Crippen molar-refractivity contribution in [3.8, 4) is 0 Å². The van der Waals surface area contributed by atoms with Crippen molar-refractivity contribution in [2.45, 2.75) is 18.8 Å². The van der Waals surface area contributed by atoms with Gasteiger partial charge in [-0.05, 0) is 36.5 Å². The van der Waals surface area contributed by atoms with E-state index in [0.717, 1.165) is 9.87 Å². The molecule has 1 aromatic carbocycles.